The molecule has 104 valence electrons. The number of anilines is 1. The summed E-state index contributed by atoms with van der Waals surface area (Å²) in [4.78, 5) is 13.7. The molecule has 0 saturated heterocycles. The molecule has 4 rings (SSSR count). The van der Waals surface area contributed by atoms with Gasteiger partial charge >= 0.3 is 0 Å². The van der Waals surface area contributed by atoms with E-state index in [2.05, 4.69) is 15.3 Å². The standard InChI is InChI=1S/C14H11N5O2/c20-12-7-13(21)19(14(12)18-5-1-4-16-18)10-3-2-9-8-15-17-11(9)6-10/h1-8,14,20H,(H,15,17). The lowest BCUT2D eigenvalue weighted by molar-refractivity contribution is -0.114. The van der Waals surface area contributed by atoms with E-state index in [9.17, 15) is 9.90 Å². The van der Waals surface area contributed by atoms with Crippen molar-refractivity contribution in [2.24, 2.45) is 0 Å². The van der Waals surface area contributed by atoms with Gasteiger partial charge in [-0.25, -0.2) is 4.68 Å². The average Bonchev–Trinajstić information content (AvgIpc) is 3.17. The van der Waals surface area contributed by atoms with E-state index in [0.717, 1.165) is 10.9 Å². The van der Waals surface area contributed by atoms with E-state index in [1.807, 2.05) is 18.2 Å². The van der Waals surface area contributed by atoms with E-state index >= 15 is 0 Å². The summed E-state index contributed by atoms with van der Waals surface area (Å²) in [6.45, 7) is 0. The fourth-order valence-corrected chi connectivity index (χ4v) is 2.55. The lowest BCUT2D eigenvalue weighted by Crippen LogP contribution is -2.33. The lowest BCUT2D eigenvalue weighted by atomic mass is 10.2. The molecule has 7 nitrogen and oxygen atoms in total. The Morgan fingerprint density at radius 2 is 2.24 bits per heavy atom. The lowest BCUT2D eigenvalue weighted by Gasteiger charge is -2.25. The Labute approximate surface area is 119 Å². The number of H-pyrrole nitrogens is 1. The molecular weight excluding hydrogens is 270 g/mol. The third kappa shape index (κ3) is 1.71. The van der Waals surface area contributed by atoms with Crippen molar-refractivity contribution in [3.8, 4) is 0 Å². The number of carbonyl (C=O) groups is 1. The molecule has 2 N–H and O–H groups in total. The maximum Gasteiger partial charge on any atom is 0.256 e. The Morgan fingerprint density at radius 1 is 1.33 bits per heavy atom. The summed E-state index contributed by atoms with van der Waals surface area (Å²) in [5, 5.41) is 22.0. The number of fused-ring (bicyclic) bond motifs is 1. The fraction of sp³-hybridized carbons (Fsp3) is 0.0714. The Bertz CT molecular complexity index is 849. The Morgan fingerprint density at radius 3 is 3.05 bits per heavy atom. The number of amides is 1. The number of rotatable bonds is 2. The molecular formula is C14H11N5O2. The zero-order valence-corrected chi connectivity index (χ0v) is 10.8. The number of aromatic nitrogens is 4. The van der Waals surface area contributed by atoms with Crippen molar-refractivity contribution in [2.75, 3.05) is 4.90 Å². The number of aliphatic hydroxyl groups is 1. The molecule has 1 amide bonds. The van der Waals surface area contributed by atoms with E-state index in [4.69, 9.17) is 0 Å². The summed E-state index contributed by atoms with van der Waals surface area (Å²) in [6.07, 6.45) is 5.57. The fourth-order valence-electron chi connectivity index (χ4n) is 2.55. The molecule has 7 heteroatoms. The second-order valence-corrected chi connectivity index (χ2v) is 4.78. The first kappa shape index (κ1) is 11.7. The van der Waals surface area contributed by atoms with Crippen LogP contribution in [0.2, 0.25) is 0 Å². The van der Waals surface area contributed by atoms with Gasteiger partial charge in [0.25, 0.3) is 5.91 Å². The first-order valence-electron chi connectivity index (χ1n) is 6.40. The normalized spacial score (nSPS) is 18.5. The monoisotopic (exact) mass is 281 g/mol. The number of hydrogen-bond donors (Lipinski definition) is 2. The van der Waals surface area contributed by atoms with E-state index in [-0.39, 0.29) is 11.7 Å². The zero-order chi connectivity index (χ0) is 14.4. The van der Waals surface area contributed by atoms with E-state index in [1.165, 1.54) is 15.7 Å². The summed E-state index contributed by atoms with van der Waals surface area (Å²) in [5.74, 6) is -0.319. The van der Waals surface area contributed by atoms with Gasteiger partial charge in [-0.3, -0.25) is 14.8 Å². The van der Waals surface area contributed by atoms with Crippen LogP contribution in [-0.4, -0.2) is 31.0 Å². The molecule has 0 spiro atoms. The van der Waals surface area contributed by atoms with Crippen molar-refractivity contribution in [1.29, 1.82) is 0 Å². The van der Waals surface area contributed by atoms with Crippen molar-refractivity contribution >= 4 is 22.5 Å². The maximum atomic E-state index is 12.2. The second kappa shape index (κ2) is 4.20. The quantitative estimate of drug-likeness (QED) is 0.749. The molecule has 1 unspecified atom stereocenters. The molecule has 3 aromatic rings. The molecule has 1 atom stereocenters. The first-order valence-corrected chi connectivity index (χ1v) is 6.40. The summed E-state index contributed by atoms with van der Waals surface area (Å²) >= 11 is 0. The molecule has 0 fully saturated rings. The van der Waals surface area contributed by atoms with Crippen LogP contribution in [0.4, 0.5) is 5.69 Å². The third-order valence-corrected chi connectivity index (χ3v) is 3.50. The number of carbonyl (C=O) groups excluding carboxylic acids is 1. The van der Waals surface area contributed by atoms with Gasteiger partial charge < -0.3 is 5.11 Å². The van der Waals surface area contributed by atoms with Crippen LogP contribution in [0.5, 0.6) is 0 Å². The van der Waals surface area contributed by atoms with Gasteiger partial charge in [0.15, 0.2) is 6.17 Å². The van der Waals surface area contributed by atoms with Gasteiger partial charge in [0.05, 0.1) is 11.7 Å². The van der Waals surface area contributed by atoms with Gasteiger partial charge in [-0.15, -0.1) is 0 Å². The molecule has 2 aromatic heterocycles. The molecule has 0 bridgehead atoms. The van der Waals surface area contributed by atoms with Crippen LogP contribution in [0.25, 0.3) is 10.9 Å². The van der Waals surface area contributed by atoms with Gasteiger partial charge in [-0.2, -0.15) is 10.2 Å². The van der Waals surface area contributed by atoms with Gasteiger partial charge in [0.1, 0.15) is 5.76 Å². The van der Waals surface area contributed by atoms with E-state index in [0.29, 0.717) is 5.69 Å². The summed E-state index contributed by atoms with van der Waals surface area (Å²) in [7, 11) is 0. The highest BCUT2D eigenvalue weighted by Crippen LogP contribution is 2.33. The zero-order valence-electron chi connectivity index (χ0n) is 10.8. The highest BCUT2D eigenvalue weighted by Gasteiger charge is 2.35. The van der Waals surface area contributed by atoms with Gasteiger partial charge in [0.2, 0.25) is 0 Å². The molecule has 1 aliphatic rings. The maximum absolute atomic E-state index is 12.2. The topological polar surface area (TPSA) is 87.0 Å². The molecule has 0 saturated carbocycles. The summed E-state index contributed by atoms with van der Waals surface area (Å²) in [6, 6.07) is 7.26. The predicted octanol–water partition coefficient (Wildman–Crippen LogP) is 1.75. The van der Waals surface area contributed by atoms with E-state index < -0.39 is 6.17 Å². The van der Waals surface area contributed by atoms with Crippen LogP contribution in [-0.2, 0) is 4.79 Å². The van der Waals surface area contributed by atoms with Crippen molar-refractivity contribution in [1.82, 2.24) is 20.0 Å². The molecule has 0 radical (unpaired) electrons. The molecule has 21 heavy (non-hydrogen) atoms. The van der Waals surface area contributed by atoms with Crippen LogP contribution in [0.1, 0.15) is 6.17 Å². The highest BCUT2D eigenvalue weighted by molar-refractivity contribution is 6.05. The molecule has 1 aromatic carbocycles. The van der Waals surface area contributed by atoms with Crippen molar-refractivity contribution < 1.29 is 9.90 Å². The number of aliphatic hydroxyl groups excluding tert-OH is 1. The minimum absolute atomic E-state index is 0.0339. The number of hydrogen-bond acceptors (Lipinski definition) is 4. The Kier molecular flexibility index (Phi) is 2.34. The third-order valence-electron chi connectivity index (χ3n) is 3.50. The predicted molar refractivity (Wildman–Crippen MR) is 75.6 cm³/mol. The average molecular weight is 281 g/mol. The summed E-state index contributed by atoms with van der Waals surface area (Å²) in [5.41, 5.74) is 1.49. The van der Waals surface area contributed by atoms with Crippen molar-refractivity contribution in [3.63, 3.8) is 0 Å². The largest absolute Gasteiger partial charge is 0.508 e. The van der Waals surface area contributed by atoms with Gasteiger partial charge in [-0.1, -0.05) is 0 Å². The van der Waals surface area contributed by atoms with E-state index in [1.54, 1.807) is 24.7 Å². The molecule has 0 aliphatic carbocycles. The van der Waals surface area contributed by atoms with Crippen LogP contribution < -0.4 is 4.90 Å². The van der Waals surface area contributed by atoms with Gasteiger partial charge in [-0.05, 0) is 24.3 Å². The minimum Gasteiger partial charge on any atom is -0.508 e. The van der Waals surface area contributed by atoms with Crippen LogP contribution in [0.15, 0.2) is 54.7 Å². The number of nitrogens with zero attached hydrogens (tertiary/aromatic N) is 4. The Balaban J connectivity index is 1.83. The second-order valence-electron chi connectivity index (χ2n) is 4.78. The summed E-state index contributed by atoms with van der Waals surface area (Å²) < 4.78 is 1.54. The number of benzene rings is 1. The van der Waals surface area contributed by atoms with Gasteiger partial charge in [0, 0.05) is 29.5 Å². The van der Waals surface area contributed by atoms with Crippen LogP contribution >= 0.6 is 0 Å². The number of nitrogens with one attached hydrogen (secondary N) is 1. The van der Waals surface area contributed by atoms with Crippen LogP contribution in [0.3, 0.4) is 0 Å². The minimum atomic E-state index is -0.659. The van der Waals surface area contributed by atoms with Crippen LogP contribution in [0, 0.1) is 0 Å². The highest BCUT2D eigenvalue weighted by atomic mass is 16.3. The number of aromatic amines is 1. The van der Waals surface area contributed by atoms with Crippen molar-refractivity contribution in [2.45, 2.75) is 6.17 Å². The molecule has 3 heterocycles. The molecule has 1 aliphatic heterocycles. The smallest absolute Gasteiger partial charge is 0.256 e. The SMILES string of the molecule is O=C1C=C(O)C(n2cccn2)N1c1ccc2cn[nH]c2c1. The first-order chi connectivity index (χ1) is 10.2. The van der Waals surface area contributed by atoms with Crippen molar-refractivity contribution in [3.05, 3.63) is 54.7 Å². The Hall–Kier alpha value is -3.09.